The van der Waals surface area contributed by atoms with E-state index in [4.69, 9.17) is 11.6 Å². The van der Waals surface area contributed by atoms with Crippen molar-refractivity contribution < 1.29 is 0 Å². The normalized spacial score (nSPS) is 24.0. The van der Waals surface area contributed by atoms with Gasteiger partial charge in [-0.3, -0.25) is 9.80 Å². The number of hydrogen-bond donors (Lipinski definition) is 1. The minimum atomic E-state index is 0. The van der Waals surface area contributed by atoms with Crippen LogP contribution in [0.15, 0.2) is 22.7 Å². The van der Waals surface area contributed by atoms with E-state index in [1.807, 2.05) is 6.07 Å². The van der Waals surface area contributed by atoms with Gasteiger partial charge in [0.1, 0.15) is 0 Å². The Morgan fingerprint density at radius 2 is 2.00 bits per heavy atom. The number of nitrogens with zero attached hydrogens (tertiary/aromatic N) is 2. The van der Waals surface area contributed by atoms with Gasteiger partial charge in [0.2, 0.25) is 0 Å². The van der Waals surface area contributed by atoms with E-state index in [9.17, 15) is 0 Å². The standard InChI is InChI=1S/C15H21BrClN3.ClH/c16-14-9-12(1-2-15(14)17)10-19-6-3-13(11-19)20-7-4-18-5-8-20;/h1-2,9,13,18H,3-8,10-11H2;1H. The predicted octanol–water partition coefficient (Wildman–Crippen LogP) is 3.00. The highest BCUT2D eigenvalue weighted by molar-refractivity contribution is 9.10. The van der Waals surface area contributed by atoms with Crippen LogP contribution in [0.3, 0.4) is 0 Å². The molecule has 1 unspecified atom stereocenters. The molecule has 2 fully saturated rings. The minimum Gasteiger partial charge on any atom is -0.314 e. The number of halogens is 3. The van der Waals surface area contributed by atoms with Crippen LogP contribution in [0.25, 0.3) is 0 Å². The lowest BCUT2D eigenvalue weighted by atomic mass is 10.2. The third-order valence-corrected chi connectivity index (χ3v) is 5.52. The fourth-order valence-corrected chi connectivity index (χ4v) is 3.74. The molecule has 2 saturated heterocycles. The Kier molecular flexibility index (Phi) is 6.79. The Morgan fingerprint density at radius 3 is 2.71 bits per heavy atom. The largest absolute Gasteiger partial charge is 0.314 e. The van der Waals surface area contributed by atoms with Gasteiger partial charge in [-0.2, -0.15) is 0 Å². The SMILES string of the molecule is Cl.Clc1ccc(CN2CCC(N3CCNCC3)C2)cc1Br. The molecule has 3 nitrogen and oxygen atoms in total. The molecular weight excluding hydrogens is 373 g/mol. The van der Waals surface area contributed by atoms with E-state index < -0.39 is 0 Å². The monoisotopic (exact) mass is 393 g/mol. The van der Waals surface area contributed by atoms with Gasteiger partial charge in [-0.1, -0.05) is 17.7 Å². The zero-order valence-corrected chi connectivity index (χ0v) is 15.2. The summed E-state index contributed by atoms with van der Waals surface area (Å²) < 4.78 is 0.995. The zero-order valence-electron chi connectivity index (χ0n) is 12.0. The smallest absolute Gasteiger partial charge is 0.0548 e. The summed E-state index contributed by atoms with van der Waals surface area (Å²) in [7, 11) is 0. The molecule has 0 aromatic heterocycles. The Balaban J connectivity index is 0.00000161. The maximum atomic E-state index is 6.05. The van der Waals surface area contributed by atoms with Crippen molar-refractivity contribution in [1.82, 2.24) is 15.1 Å². The van der Waals surface area contributed by atoms with Gasteiger partial charge in [-0.05, 0) is 40.0 Å². The summed E-state index contributed by atoms with van der Waals surface area (Å²) in [5.74, 6) is 0. The molecule has 1 N–H and O–H groups in total. The van der Waals surface area contributed by atoms with Crippen LogP contribution >= 0.6 is 39.9 Å². The van der Waals surface area contributed by atoms with E-state index in [2.05, 4.69) is 43.2 Å². The van der Waals surface area contributed by atoms with Crippen LogP contribution in [0.1, 0.15) is 12.0 Å². The second-order valence-corrected chi connectivity index (χ2v) is 6.97. The quantitative estimate of drug-likeness (QED) is 0.849. The molecular formula is C15H22BrCl2N3. The second kappa shape index (κ2) is 8.14. The molecule has 0 bridgehead atoms. The fraction of sp³-hybridized carbons (Fsp3) is 0.600. The summed E-state index contributed by atoms with van der Waals surface area (Å²) in [6.07, 6.45) is 1.30. The number of rotatable bonds is 3. The van der Waals surface area contributed by atoms with Gasteiger partial charge in [0.05, 0.1) is 5.02 Å². The molecule has 3 rings (SSSR count). The average molecular weight is 395 g/mol. The van der Waals surface area contributed by atoms with Crippen molar-refractivity contribution in [1.29, 1.82) is 0 Å². The first-order valence-electron chi connectivity index (χ1n) is 7.33. The summed E-state index contributed by atoms with van der Waals surface area (Å²) in [4.78, 5) is 5.21. The molecule has 0 radical (unpaired) electrons. The van der Waals surface area contributed by atoms with Crippen molar-refractivity contribution >= 4 is 39.9 Å². The van der Waals surface area contributed by atoms with Crippen LogP contribution in [-0.4, -0.2) is 55.1 Å². The lowest BCUT2D eigenvalue weighted by Crippen LogP contribution is -2.49. The van der Waals surface area contributed by atoms with Gasteiger partial charge < -0.3 is 5.32 Å². The van der Waals surface area contributed by atoms with E-state index in [-0.39, 0.29) is 12.4 Å². The molecule has 1 aromatic rings. The van der Waals surface area contributed by atoms with Gasteiger partial charge in [-0.25, -0.2) is 0 Å². The molecule has 2 aliphatic heterocycles. The van der Waals surface area contributed by atoms with Gasteiger partial charge in [-0.15, -0.1) is 12.4 Å². The summed E-state index contributed by atoms with van der Waals surface area (Å²) >= 11 is 9.55. The first-order valence-corrected chi connectivity index (χ1v) is 8.50. The molecule has 0 saturated carbocycles. The van der Waals surface area contributed by atoms with Crippen molar-refractivity contribution in [2.24, 2.45) is 0 Å². The number of piperazine rings is 1. The molecule has 6 heteroatoms. The van der Waals surface area contributed by atoms with Crippen molar-refractivity contribution in [2.75, 3.05) is 39.3 Å². The van der Waals surface area contributed by atoms with Crippen molar-refractivity contribution in [3.63, 3.8) is 0 Å². The molecule has 0 amide bonds. The zero-order chi connectivity index (χ0) is 13.9. The van der Waals surface area contributed by atoms with Crippen LogP contribution < -0.4 is 5.32 Å². The summed E-state index contributed by atoms with van der Waals surface area (Å²) in [6, 6.07) is 6.99. The van der Waals surface area contributed by atoms with Crippen molar-refractivity contribution in [3.8, 4) is 0 Å². The summed E-state index contributed by atoms with van der Waals surface area (Å²) in [6.45, 7) is 8.10. The third kappa shape index (κ3) is 4.57. The second-order valence-electron chi connectivity index (χ2n) is 5.71. The minimum absolute atomic E-state index is 0. The Morgan fingerprint density at radius 1 is 1.24 bits per heavy atom. The van der Waals surface area contributed by atoms with Gasteiger partial charge in [0.15, 0.2) is 0 Å². The van der Waals surface area contributed by atoms with Crippen molar-refractivity contribution in [3.05, 3.63) is 33.3 Å². The number of hydrogen-bond acceptors (Lipinski definition) is 3. The van der Waals surface area contributed by atoms with Crippen LogP contribution in [0.5, 0.6) is 0 Å². The maximum Gasteiger partial charge on any atom is 0.0548 e. The molecule has 118 valence electrons. The summed E-state index contributed by atoms with van der Waals surface area (Å²) in [5.41, 5.74) is 1.34. The van der Waals surface area contributed by atoms with E-state index in [0.717, 1.165) is 35.2 Å². The van der Waals surface area contributed by atoms with E-state index in [1.165, 1.54) is 38.2 Å². The van der Waals surface area contributed by atoms with Crippen LogP contribution in [0, 0.1) is 0 Å². The van der Waals surface area contributed by atoms with E-state index in [0.29, 0.717) is 0 Å². The lowest BCUT2D eigenvalue weighted by molar-refractivity contribution is 0.170. The van der Waals surface area contributed by atoms with Gasteiger partial charge in [0, 0.05) is 56.3 Å². The summed E-state index contributed by atoms with van der Waals surface area (Å²) in [5, 5.41) is 4.21. The highest BCUT2D eigenvalue weighted by Crippen LogP contribution is 2.25. The number of benzene rings is 1. The molecule has 21 heavy (non-hydrogen) atoms. The van der Waals surface area contributed by atoms with Crippen molar-refractivity contribution in [2.45, 2.75) is 19.0 Å². The maximum absolute atomic E-state index is 6.05. The van der Waals surface area contributed by atoms with Crippen LogP contribution in [0.2, 0.25) is 5.02 Å². The predicted molar refractivity (Wildman–Crippen MR) is 94.5 cm³/mol. The molecule has 2 heterocycles. The first-order chi connectivity index (χ1) is 9.72. The highest BCUT2D eigenvalue weighted by atomic mass is 79.9. The molecule has 0 aliphatic carbocycles. The van der Waals surface area contributed by atoms with Gasteiger partial charge >= 0.3 is 0 Å². The first kappa shape index (κ1) is 17.5. The topological polar surface area (TPSA) is 18.5 Å². The van der Waals surface area contributed by atoms with Crippen LogP contribution in [0.4, 0.5) is 0 Å². The Labute approximate surface area is 146 Å². The number of likely N-dealkylation sites (tertiary alicyclic amines) is 1. The number of nitrogens with one attached hydrogen (secondary N) is 1. The van der Waals surface area contributed by atoms with Crippen LogP contribution in [-0.2, 0) is 6.54 Å². The fourth-order valence-electron chi connectivity index (χ4n) is 3.20. The molecule has 1 atom stereocenters. The third-order valence-electron chi connectivity index (χ3n) is 4.31. The van der Waals surface area contributed by atoms with E-state index >= 15 is 0 Å². The molecule has 2 aliphatic rings. The highest BCUT2D eigenvalue weighted by Gasteiger charge is 2.28. The Bertz CT molecular complexity index is 466. The van der Waals surface area contributed by atoms with E-state index in [1.54, 1.807) is 0 Å². The molecule has 0 spiro atoms. The van der Waals surface area contributed by atoms with Gasteiger partial charge in [0.25, 0.3) is 0 Å². The average Bonchev–Trinajstić information content (AvgIpc) is 2.92. The lowest BCUT2D eigenvalue weighted by Gasteiger charge is -2.32. The Hall–Kier alpha value is 0.160. The molecule has 1 aromatic carbocycles.